The fourth-order valence-electron chi connectivity index (χ4n) is 0.501. The van der Waals surface area contributed by atoms with Gasteiger partial charge in [-0.3, -0.25) is 0 Å². The van der Waals surface area contributed by atoms with Crippen molar-refractivity contribution in [3.63, 3.8) is 0 Å². The van der Waals surface area contributed by atoms with Crippen LogP contribution < -0.4 is 15.8 Å². The second-order valence-corrected chi connectivity index (χ2v) is 1.72. The zero-order valence-electron chi connectivity index (χ0n) is 4.91. The van der Waals surface area contributed by atoms with Gasteiger partial charge in [-0.05, 0) is 0 Å². The first-order valence-electron chi connectivity index (χ1n) is 2.41. The first-order chi connectivity index (χ1) is 4.72. The van der Waals surface area contributed by atoms with E-state index in [2.05, 4.69) is 14.3 Å². The van der Waals surface area contributed by atoms with Gasteiger partial charge in [-0.25, -0.2) is 0 Å². The molecular formula is C4H5ClN4O. The molecule has 0 aromatic carbocycles. The SMILES string of the molecule is Nc1cc(OCl)nc(N)n1. The molecule has 0 radical (unpaired) electrons. The topological polar surface area (TPSA) is 87.0 Å². The highest BCUT2D eigenvalue weighted by atomic mass is 35.5. The number of halogens is 1. The summed E-state index contributed by atoms with van der Waals surface area (Å²) < 4.78 is 4.24. The predicted molar refractivity (Wildman–Crippen MR) is 37.3 cm³/mol. The lowest BCUT2D eigenvalue weighted by Crippen LogP contribution is -1.99. The summed E-state index contributed by atoms with van der Waals surface area (Å²) in [5, 5.41) is 0. The first-order valence-corrected chi connectivity index (χ1v) is 2.72. The van der Waals surface area contributed by atoms with Crippen molar-refractivity contribution in [3.05, 3.63) is 6.07 Å². The van der Waals surface area contributed by atoms with E-state index in [4.69, 9.17) is 23.3 Å². The van der Waals surface area contributed by atoms with Crippen LogP contribution in [0.4, 0.5) is 11.8 Å². The van der Waals surface area contributed by atoms with Gasteiger partial charge < -0.3 is 15.8 Å². The van der Waals surface area contributed by atoms with Crippen LogP contribution in [0.5, 0.6) is 5.88 Å². The minimum absolute atomic E-state index is 0.0376. The Morgan fingerprint density at radius 3 is 2.60 bits per heavy atom. The molecule has 0 aliphatic heterocycles. The highest BCUT2D eigenvalue weighted by Crippen LogP contribution is 2.12. The number of anilines is 2. The molecule has 10 heavy (non-hydrogen) atoms. The number of hydrogen-bond acceptors (Lipinski definition) is 5. The molecule has 1 rings (SSSR count). The summed E-state index contributed by atoms with van der Waals surface area (Å²) in [6.07, 6.45) is 0. The van der Waals surface area contributed by atoms with Gasteiger partial charge in [0, 0.05) is 6.07 Å². The number of hydrogen-bond donors (Lipinski definition) is 2. The molecular weight excluding hydrogens is 156 g/mol. The second-order valence-electron chi connectivity index (χ2n) is 1.57. The third-order valence-electron chi connectivity index (χ3n) is 0.819. The lowest BCUT2D eigenvalue weighted by atomic mass is 10.6. The average Bonchev–Trinajstić information content (AvgIpc) is 1.85. The van der Waals surface area contributed by atoms with Crippen molar-refractivity contribution in [1.29, 1.82) is 0 Å². The molecule has 1 heterocycles. The van der Waals surface area contributed by atoms with Crippen molar-refractivity contribution in [2.24, 2.45) is 0 Å². The molecule has 0 unspecified atom stereocenters. The molecule has 4 N–H and O–H groups in total. The molecule has 5 nitrogen and oxygen atoms in total. The maximum atomic E-state index is 5.27. The van der Waals surface area contributed by atoms with Gasteiger partial charge in [-0.1, -0.05) is 0 Å². The normalized spacial score (nSPS) is 9.30. The number of nitrogen functional groups attached to an aromatic ring is 2. The van der Waals surface area contributed by atoms with Gasteiger partial charge in [0.05, 0.1) is 0 Å². The van der Waals surface area contributed by atoms with Gasteiger partial charge in [0.25, 0.3) is 0 Å². The Bertz CT molecular complexity index is 220. The van der Waals surface area contributed by atoms with Crippen LogP contribution in [-0.4, -0.2) is 9.97 Å². The standard InChI is InChI=1S/C4H5ClN4O/c5-10-3-1-2(6)8-4(7)9-3/h1H,(H4,6,7,8,9). The molecule has 0 bridgehead atoms. The Balaban J connectivity index is 3.06. The molecule has 0 spiro atoms. The van der Waals surface area contributed by atoms with Crippen molar-refractivity contribution in [3.8, 4) is 5.88 Å². The Labute approximate surface area is 62.1 Å². The molecule has 54 valence electrons. The molecule has 0 aliphatic carbocycles. The minimum Gasteiger partial charge on any atom is -0.383 e. The van der Waals surface area contributed by atoms with E-state index in [-0.39, 0.29) is 17.6 Å². The van der Waals surface area contributed by atoms with Crippen LogP contribution in [0.2, 0.25) is 0 Å². The summed E-state index contributed by atoms with van der Waals surface area (Å²) in [4.78, 5) is 7.17. The number of rotatable bonds is 1. The van der Waals surface area contributed by atoms with E-state index in [0.717, 1.165) is 0 Å². The van der Waals surface area contributed by atoms with Crippen LogP contribution in [0.25, 0.3) is 0 Å². The van der Waals surface area contributed by atoms with Crippen LogP contribution in [0, 0.1) is 0 Å². The molecule has 0 saturated carbocycles. The lowest BCUT2D eigenvalue weighted by molar-refractivity contribution is 0.590. The Morgan fingerprint density at radius 2 is 2.10 bits per heavy atom. The van der Waals surface area contributed by atoms with Gasteiger partial charge >= 0.3 is 0 Å². The number of aromatic nitrogens is 2. The van der Waals surface area contributed by atoms with E-state index in [1.165, 1.54) is 6.07 Å². The molecule has 0 fully saturated rings. The van der Waals surface area contributed by atoms with Gasteiger partial charge in [0.2, 0.25) is 11.8 Å². The summed E-state index contributed by atoms with van der Waals surface area (Å²) in [6, 6.07) is 1.36. The Hall–Kier alpha value is -1.23. The molecule has 1 aromatic heterocycles. The van der Waals surface area contributed by atoms with Crippen LogP contribution in [0.15, 0.2) is 6.07 Å². The van der Waals surface area contributed by atoms with Crippen molar-refractivity contribution in [2.75, 3.05) is 11.5 Å². The second kappa shape index (κ2) is 2.57. The maximum Gasteiger partial charge on any atom is 0.243 e. The average molecular weight is 161 g/mol. The number of nitrogens with zero attached hydrogens (tertiary/aromatic N) is 2. The molecule has 1 aromatic rings. The molecule has 0 amide bonds. The zero-order valence-corrected chi connectivity index (χ0v) is 5.67. The summed E-state index contributed by atoms with van der Waals surface area (Å²) in [5.74, 6) is 0.408. The van der Waals surface area contributed by atoms with Crippen LogP contribution in [-0.2, 0) is 0 Å². The smallest absolute Gasteiger partial charge is 0.243 e. The molecule has 0 saturated heterocycles. The predicted octanol–water partition coefficient (Wildman–Crippen LogP) is 0.174. The monoisotopic (exact) mass is 160 g/mol. The van der Waals surface area contributed by atoms with E-state index in [1.54, 1.807) is 0 Å². The Kier molecular flexibility index (Phi) is 1.77. The van der Waals surface area contributed by atoms with Crippen molar-refractivity contribution >= 4 is 23.6 Å². The highest BCUT2D eigenvalue weighted by Gasteiger charge is 1.98. The van der Waals surface area contributed by atoms with Gasteiger partial charge in [-0.2, -0.15) is 9.97 Å². The summed E-state index contributed by atoms with van der Waals surface area (Å²) >= 11 is 4.97. The fraction of sp³-hybridized carbons (Fsp3) is 0. The van der Waals surface area contributed by atoms with E-state index in [1.807, 2.05) is 0 Å². The summed E-state index contributed by atoms with van der Waals surface area (Å²) in [7, 11) is 0. The van der Waals surface area contributed by atoms with Crippen LogP contribution >= 0.6 is 11.9 Å². The van der Waals surface area contributed by atoms with Gasteiger partial charge in [0.1, 0.15) is 17.7 Å². The highest BCUT2D eigenvalue weighted by molar-refractivity contribution is 6.08. The Morgan fingerprint density at radius 1 is 1.40 bits per heavy atom. The molecule has 0 atom stereocenters. The number of nitrogens with two attached hydrogens (primary N) is 2. The lowest BCUT2D eigenvalue weighted by Gasteiger charge is -1.96. The summed E-state index contributed by atoms with van der Waals surface area (Å²) in [6.45, 7) is 0. The van der Waals surface area contributed by atoms with Gasteiger partial charge in [-0.15, -0.1) is 0 Å². The molecule has 0 aliphatic rings. The van der Waals surface area contributed by atoms with Crippen molar-refractivity contribution in [2.45, 2.75) is 0 Å². The fourth-order valence-corrected chi connectivity index (χ4v) is 0.580. The first kappa shape index (κ1) is 6.88. The quantitative estimate of drug-likeness (QED) is 0.612. The van der Waals surface area contributed by atoms with E-state index < -0.39 is 0 Å². The van der Waals surface area contributed by atoms with Crippen LogP contribution in [0.1, 0.15) is 0 Å². The largest absolute Gasteiger partial charge is 0.383 e. The third-order valence-corrected chi connectivity index (χ3v) is 0.977. The van der Waals surface area contributed by atoms with E-state index >= 15 is 0 Å². The third kappa shape index (κ3) is 1.38. The maximum absolute atomic E-state index is 5.27. The van der Waals surface area contributed by atoms with Crippen molar-refractivity contribution in [1.82, 2.24) is 9.97 Å². The van der Waals surface area contributed by atoms with Crippen molar-refractivity contribution < 1.29 is 4.29 Å². The minimum atomic E-state index is 0.0376. The van der Waals surface area contributed by atoms with E-state index in [9.17, 15) is 0 Å². The van der Waals surface area contributed by atoms with Gasteiger partial charge in [0.15, 0.2) is 0 Å². The summed E-state index contributed by atoms with van der Waals surface area (Å²) in [5.41, 5.74) is 10.5. The zero-order chi connectivity index (χ0) is 7.56. The van der Waals surface area contributed by atoms with E-state index in [0.29, 0.717) is 0 Å². The molecule has 6 heteroatoms. The van der Waals surface area contributed by atoms with Crippen LogP contribution in [0.3, 0.4) is 0 Å².